The fourth-order valence-corrected chi connectivity index (χ4v) is 4.10. The fraction of sp³-hybridized carbons (Fsp3) is 0.292. The zero-order chi connectivity index (χ0) is 23.7. The Labute approximate surface area is 195 Å². The summed E-state index contributed by atoms with van der Waals surface area (Å²) in [5, 5.41) is 3.24. The summed E-state index contributed by atoms with van der Waals surface area (Å²) in [6.07, 6.45) is 1.75. The molecule has 0 spiro atoms. The van der Waals surface area contributed by atoms with Crippen LogP contribution < -0.4 is 16.0 Å². The van der Waals surface area contributed by atoms with Gasteiger partial charge in [-0.3, -0.25) is 9.36 Å². The predicted octanol–water partition coefficient (Wildman–Crippen LogP) is 2.49. The van der Waals surface area contributed by atoms with E-state index in [-0.39, 0.29) is 12.5 Å². The number of hydrogen-bond donors (Lipinski definition) is 1. The normalized spacial score (nSPS) is 13.9. The Morgan fingerprint density at radius 1 is 1.03 bits per heavy atom. The zero-order valence-electron chi connectivity index (χ0n) is 19.1. The van der Waals surface area contributed by atoms with Gasteiger partial charge in [-0.2, -0.15) is 0 Å². The topological polar surface area (TPSA) is 109 Å². The number of nitrogens with zero attached hydrogens (tertiary/aromatic N) is 6. The lowest BCUT2D eigenvalue weighted by Crippen LogP contribution is -2.50. The molecule has 34 heavy (non-hydrogen) atoms. The summed E-state index contributed by atoms with van der Waals surface area (Å²) >= 11 is 0. The molecule has 0 saturated carbocycles. The predicted molar refractivity (Wildman–Crippen MR) is 128 cm³/mol. The highest BCUT2D eigenvalue weighted by Crippen LogP contribution is 2.21. The molecule has 5 rings (SSSR count). The number of aromatic nitrogens is 4. The maximum absolute atomic E-state index is 12.9. The van der Waals surface area contributed by atoms with Crippen LogP contribution in [0.5, 0.6) is 0 Å². The average Bonchev–Trinajstić information content (AvgIpc) is 3.14. The quantitative estimate of drug-likeness (QED) is 0.485. The van der Waals surface area contributed by atoms with Gasteiger partial charge in [-0.05, 0) is 43.7 Å². The molecule has 0 radical (unpaired) electrons. The second-order valence-electron chi connectivity index (χ2n) is 8.29. The van der Waals surface area contributed by atoms with E-state index in [0.29, 0.717) is 48.9 Å². The van der Waals surface area contributed by atoms with E-state index in [1.807, 2.05) is 38.1 Å². The number of carbonyl (C=O) groups excluding carboxylic acids is 1. The van der Waals surface area contributed by atoms with Crippen LogP contribution in [-0.4, -0.2) is 56.5 Å². The van der Waals surface area contributed by atoms with Crippen molar-refractivity contribution < 1.29 is 9.21 Å². The molecule has 1 amide bonds. The summed E-state index contributed by atoms with van der Waals surface area (Å²) in [5.74, 6) is 2.21. The maximum atomic E-state index is 12.9. The second-order valence-corrected chi connectivity index (χ2v) is 8.29. The van der Waals surface area contributed by atoms with Gasteiger partial charge in [-0.25, -0.2) is 19.7 Å². The van der Waals surface area contributed by atoms with Crippen LogP contribution in [0.3, 0.4) is 0 Å². The first kappa shape index (κ1) is 21.6. The number of aryl methyl sites for hydroxylation is 2. The van der Waals surface area contributed by atoms with Gasteiger partial charge in [0.05, 0.1) is 5.52 Å². The standard InChI is InChI=1S/C24H25N7O3/c1-16-7-8-25-20(13-16)28-21-14-22(27-17(2)26-21)29-9-11-30(12-10-29)23(32)15-31-18-5-3-4-6-19(18)34-24(31)33/h3-8,13-14H,9-12,15H2,1-2H3,(H,25,26,27,28). The van der Waals surface area contributed by atoms with Crippen molar-refractivity contribution in [2.24, 2.45) is 0 Å². The van der Waals surface area contributed by atoms with E-state index in [2.05, 4.69) is 25.2 Å². The second kappa shape index (κ2) is 8.97. The van der Waals surface area contributed by atoms with Gasteiger partial charge in [0.1, 0.15) is 29.8 Å². The number of piperazine rings is 1. The minimum Gasteiger partial charge on any atom is -0.408 e. The molecule has 4 heterocycles. The van der Waals surface area contributed by atoms with Crippen LogP contribution in [0.15, 0.2) is 57.9 Å². The number of nitrogens with one attached hydrogen (secondary N) is 1. The molecule has 0 atom stereocenters. The highest BCUT2D eigenvalue weighted by atomic mass is 16.4. The van der Waals surface area contributed by atoms with Crippen LogP contribution in [-0.2, 0) is 11.3 Å². The first-order chi connectivity index (χ1) is 16.5. The number of fused-ring (bicyclic) bond motifs is 1. The largest absolute Gasteiger partial charge is 0.420 e. The van der Waals surface area contributed by atoms with Crippen molar-refractivity contribution in [3.63, 3.8) is 0 Å². The highest BCUT2D eigenvalue weighted by Gasteiger charge is 2.24. The highest BCUT2D eigenvalue weighted by molar-refractivity contribution is 5.80. The Hall–Kier alpha value is -4.21. The number of anilines is 3. The van der Waals surface area contributed by atoms with Crippen molar-refractivity contribution in [1.82, 2.24) is 24.4 Å². The van der Waals surface area contributed by atoms with Gasteiger partial charge in [0, 0.05) is 38.4 Å². The molecule has 10 heteroatoms. The van der Waals surface area contributed by atoms with Gasteiger partial charge in [-0.15, -0.1) is 0 Å². The lowest BCUT2D eigenvalue weighted by atomic mass is 10.3. The van der Waals surface area contributed by atoms with E-state index in [9.17, 15) is 9.59 Å². The SMILES string of the molecule is Cc1ccnc(Nc2cc(N3CCN(C(=O)Cn4c(=O)oc5ccccc54)CC3)nc(C)n2)c1. The van der Waals surface area contributed by atoms with Crippen LogP contribution in [0, 0.1) is 13.8 Å². The Morgan fingerprint density at radius 2 is 1.82 bits per heavy atom. The van der Waals surface area contributed by atoms with Gasteiger partial charge in [0.15, 0.2) is 5.58 Å². The van der Waals surface area contributed by atoms with Gasteiger partial charge in [0.25, 0.3) is 0 Å². The van der Waals surface area contributed by atoms with E-state index in [4.69, 9.17) is 4.42 Å². The van der Waals surface area contributed by atoms with Crippen molar-refractivity contribution in [2.45, 2.75) is 20.4 Å². The lowest BCUT2D eigenvalue weighted by molar-refractivity contribution is -0.132. The third-order valence-corrected chi connectivity index (χ3v) is 5.82. The fourth-order valence-electron chi connectivity index (χ4n) is 4.10. The van der Waals surface area contributed by atoms with E-state index in [1.165, 1.54) is 4.57 Å². The van der Waals surface area contributed by atoms with E-state index < -0.39 is 5.76 Å². The number of oxazole rings is 1. The molecule has 1 saturated heterocycles. The van der Waals surface area contributed by atoms with Gasteiger partial charge >= 0.3 is 5.76 Å². The average molecular weight is 460 g/mol. The van der Waals surface area contributed by atoms with Crippen molar-refractivity contribution in [1.29, 1.82) is 0 Å². The molecule has 1 fully saturated rings. The third-order valence-electron chi connectivity index (χ3n) is 5.82. The summed E-state index contributed by atoms with van der Waals surface area (Å²) in [7, 11) is 0. The van der Waals surface area contributed by atoms with Crippen molar-refractivity contribution in [3.8, 4) is 0 Å². The lowest BCUT2D eigenvalue weighted by Gasteiger charge is -2.35. The molecule has 1 aliphatic rings. The first-order valence-corrected chi connectivity index (χ1v) is 11.1. The maximum Gasteiger partial charge on any atom is 0.420 e. The molecule has 10 nitrogen and oxygen atoms in total. The Balaban J connectivity index is 1.25. The van der Waals surface area contributed by atoms with E-state index in [0.717, 1.165) is 17.2 Å². The van der Waals surface area contributed by atoms with Crippen LogP contribution in [0.25, 0.3) is 11.1 Å². The summed E-state index contributed by atoms with van der Waals surface area (Å²) in [4.78, 5) is 42.4. The van der Waals surface area contributed by atoms with Crippen LogP contribution >= 0.6 is 0 Å². The number of benzene rings is 1. The molecule has 0 aliphatic carbocycles. The first-order valence-electron chi connectivity index (χ1n) is 11.1. The molecule has 4 aromatic rings. The molecule has 3 aromatic heterocycles. The number of pyridine rings is 1. The third kappa shape index (κ3) is 4.47. The Kier molecular flexibility index (Phi) is 5.70. The zero-order valence-corrected chi connectivity index (χ0v) is 19.1. The number of amides is 1. The van der Waals surface area contributed by atoms with Crippen LogP contribution in [0.2, 0.25) is 0 Å². The van der Waals surface area contributed by atoms with Gasteiger partial charge < -0.3 is 19.5 Å². The molecule has 174 valence electrons. The monoisotopic (exact) mass is 459 g/mol. The van der Waals surface area contributed by atoms with Gasteiger partial charge in [-0.1, -0.05) is 12.1 Å². The summed E-state index contributed by atoms with van der Waals surface area (Å²) in [6, 6.07) is 12.9. The molecule has 1 aliphatic heterocycles. The number of para-hydroxylation sites is 2. The minimum atomic E-state index is -0.521. The molecule has 1 aromatic carbocycles. The summed E-state index contributed by atoms with van der Waals surface area (Å²) < 4.78 is 6.62. The number of hydrogen-bond acceptors (Lipinski definition) is 8. The summed E-state index contributed by atoms with van der Waals surface area (Å²) in [6.45, 7) is 6.15. The Morgan fingerprint density at radius 3 is 2.62 bits per heavy atom. The van der Waals surface area contributed by atoms with Crippen molar-refractivity contribution in [3.05, 3.63) is 70.6 Å². The van der Waals surface area contributed by atoms with Gasteiger partial charge in [0.2, 0.25) is 5.91 Å². The van der Waals surface area contributed by atoms with Crippen LogP contribution in [0.4, 0.5) is 17.5 Å². The minimum absolute atomic E-state index is 0.0416. The number of rotatable bonds is 5. The van der Waals surface area contributed by atoms with Crippen LogP contribution in [0.1, 0.15) is 11.4 Å². The number of carbonyl (C=O) groups is 1. The molecular formula is C24H25N7O3. The van der Waals surface area contributed by atoms with E-state index in [1.54, 1.807) is 29.3 Å². The molecular weight excluding hydrogens is 434 g/mol. The molecule has 1 N–H and O–H groups in total. The van der Waals surface area contributed by atoms with E-state index >= 15 is 0 Å². The van der Waals surface area contributed by atoms with Crippen molar-refractivity contribution in [2.75, 3.05) is 36.4 Å². The molecule has 0 unspecified atom stereocenters. The summed E-state index contributed by atoms with van der Waals surface area (Å²) in [5.41, 5.74) is 2.21. The Bertz CT molecular complexity index is 1400. The smallest absolute Gasteiger partial charge is 0.408 e. The van der Waals surface area contributed by atoms with Crippen molar-refractivity contribution >= 4 is 34.5 Å². The molecule has 0 bridgehead atoms.